The largest absolute Gasteiger partial charge is 0.396 e. The van der Waals surface area contributed by atoms with E-state index >= 15 is 0 Å². The molecule has 0 unspecified atom stereocenters. The van der Waals surface area contributed by atoms with Crippen LogP contribution in [-0.4, -0.2) is 42.2 Å². The first-order valence-corrected chi connectivity index (χ1v) is 6.97. The van der Waals surface area contributed by atoms with Crippen molar-refractivity contribution in [3.8, 4) is 0 Å². The average molecular weight is 280 g/mol. The minimum atomic E-state index is -0.313. The fourth-order valence-corrected chi connectivity index (χ4v) is 2.40. The first-order valence-electron chi connectivity index (χ1n) is 6.97. The van der Waals surface area contributed by atoms with Gasteiger partial charge in [-0.1, -0.05) is 6.07 Å². The predicted molar refractivity (Wildman–Crippen MR) is 76.0 cm³/mol. The van der Waals surface area contributed by atoms with Crippen molar-refractivity contribution in [3.05, 3.63) is 29.6 Å². The number of rotatable bonds is 4. The highest BCUT2D eigenvalue weighted by Gasteiger charge is 2.20. The van der Waals surface area contributed by atoms with Gasteiger partial charge < -0.3 is 10.4 Å². The van der Waals surface area contributed by atoms with Crippen LogP contribution >= 0.6 is 0 Å². The van der Waals surface area contributed by atoms with Crippen molar-refractivity contribution in [1.29, 1.82) is 0 Å². The number of aliphatic hydroxyl groups is 1. The molecule has 0 spiro atoms. The molecule has 1 heterocycles. The van der Waals surface area contributed by atoms with Crippen LogP contribution in [0.5, 0.6) is 0 Å². The molecule has 0 radical (unpaired) electrons. The SMILES string of the molecule is Cc1ccc(NC(=O)CN2CCC(CO)CC2)cc1F. The van der Waals surface area contributed by atoms with E-state index in [9.17, 15) is 9.18 Å². The number of aliphatic hydroxyl groups excluding tert-OH is 1. The second-order valence-corrected chi connectivity index (χ2v) is 5.41. The fraction of sp³-hybridized carbons (Fsp3) is 0.533. The molecule has 5 heteroatoms. The van der Waals surface area contributed by atoms with E-state index in [1.807, 2.05) is 0 Å². The molecule has 1 amide bonds. The maximum Gasteiger partial charge on any atom is 0.238 e. The molecular formula is C15H21FN2O2. The Morgan fingerprint density at radius 3 is 2.75 bits per heavy atom. The Morgan fingerprint density at radius 2 is 2.15 bits per heavy atom. The van der Waals surface area contributed by atoms with Gasteiger partial charge in [-0.15, -0.1) is 0 Å². The number of piperidine rings is 1. The van der Waals surface area contributed by atoms with Crippen LogP contribution in [0.1, 0.15) is 18.4 Å². The van der Waals surface area contributed by atoms with Gasteiger partial charge in [0.15, 0.2) is 0 Å². The van der Waals surface area contributed by atoms with Gasteiger partial charge in [-0.25, -0.2) is 4.39 Å². The van der Waals surface area contributed by atoms with Crippen molar-refractivity contribution in [2.75, 3.05) is 31.6 Å². The molecule has 2 rings (SSSR count). The molecule has 0 saturated carbocycles. The molecule has 1 aliphatic rings. The molecule has 1 saturated heterocycles. The quantitative estimate of drug-likeness (QED) is 0.884. The highest BCUT2D eigenvalue weighted by molar-refractivity contribution is 5.92. The number of amides is 1. The summed E-state index contributed by atoms with van der Waals surface area (Å²) in [6.45, 7) is 3.87. The number of aryl methyl sites for hydroxylation is 1. The summed E-state index contributed by atoms with van der Waals surface area (Å²) in [6.07, 6.45) is 1.84. The lowest BCUT2D eigenvalue weighted by Crippen LogP contribution is -2.39. The third-order valence-electron chi connectivity index (χ3n) is 3.79. The van der Waals surface area contributed by atoms with Crippen LogP contribution in [0.4, 0.5) is 10.1 Å². The maximum atomic E-state index is 13.4. The Labute approximate surface area is 118 Å². The van der Waals surface area contributed by atoms with Crippen LogP contribution in [-0.2, 0) is 4.79 Å². The van der Waals surface area contributed by atoms with E-state index in [0.717, 1.165) is 25.9 Å². The van der Waals surface area contributed by atoms with E-state index in [-0.39, 0.29) is 18.3 Å². The van der Waals surface area contributed by atoms with Gasteiger partial charge in [-0.05, 0) is 56.5 Å². The van der Waals surface area contributed by atoms with E-state index in [4.69, 9.17) is 5.11 Å². The van der Waals surface area contributed by atoms with E-state index in [1.54, 1.807) is 19.1 Å². The standard InChI is InChI=1S/C15H21FN2O2/c1-11-2-3-13(8-14(11)16)17-15(20)9-18-6-4-12(10-19)5-7-18/h2-3,8,12,19H,4-7,9-10H2,1H3,(H,17,20). The van der Waals surface area contributed by atoms with Gasteiger partial charge in [0.2, 0.25) is 5.91 Å². The first kappa shape index (κ1) is 14.9. The third-order valence-corrected chi connectivity index (χ3v) is 3.79. The zero-order valence-corrected chi connectivity index (χ0v) is 11.7. The molecule has 20 heavy (non-hydrogen) atoms. The molecule has 4 nitrogen and oxygen atoms in total. The molecule has 0 aliphatic carbocycles. The van der Waals surface area contributed by atoms with Crippen LogP contribution in [0.3, 0.4) is 0 Å². The summed E-state index contributed by atoms with van der Waals surface area (Å²) in [5.41, 5.74) is 1.05. The minimum Gasteiger partial charge on any atom is -0.396 e. The van der Waals surface area contributed by atoms with Gasteiger partial charge in [0.1, 0.15) is 5.82 Å². The average Bonchev–Trinajstić information content (AvgIpc) is 2.44. The van der Waals surface area contributed by atoms with Crippen molar-refractivity contribution in [1.82, 2.24) is 4.90 Å². The van der Waals surface area contributed by atoms with E-state index in [1.165, 1.54) is 6.07 Å². The summed E-state index contributed by atoms with van der Waals surface area (Å²) in [4.78, 5) is 14.0. The summed E-state index contributed by atoms with van der Waals surface area (Å²) in [5.74, 6) is -0.0808. The van der Waals surface area contributed by atoms with E-state index in [0.29, 0.717) is 23.7 Å². The number of hydrogen-bond acceptors (Lipinski definition) is 3. The van der Waals surface area contributed by atoms with Gasteiger partial charge in [0, 0.05) is 12.3 Å². The van der Waals surface area contributed by atoms with Crippen LogP contribution in [0.25, 0.3) is 0 Å². The Balaban J connectivity index is 1.82. The van der Waals surface area contributed by atoms with Crippen LogP contribution < -0.4 is 5.32 Å². The van der Waals surface area contributed by atoms with Gasteiger partial charge >= 0.3 is 0 Å². The number of benzene rings is 1. The van der Waals surface area contributed by atoms with Crippen molar-refractivity contribution in [2.24, 2.45) is 5.92 Å². The molecule has 0 aromatic heterocycles. The van der Waals surface area contributed by atoms with Crippen molar-refractivity contribution in [2.45, 2.75) is 19.8 Å². The number of hydrogen-bond donors (Lipinski definition) is 2. The molecule has 1 aromatic rings. The smallest absolute Gasteiger partial charge is 0.238 e. The summed E-state index contributed by atoms with van der Waals surface area (Å²) in [7, 11) is 0. The van der Waals surface area contributed by atoms with Crippen LogP contribution in [0.2, 0.25) is 0 Å². The molecule has 1 aliphatic heterocycles. The summed E-state index contributed by atoms with van der Waals surface area (Å²) in [5, 5.41) is 11.8. The predicted octanol–water partition coefficient (Wildman–Crippen LogP) is 1.78. The normalized spacial score (nSPS) is 17.1. The topological polar surface area (TPSA) is 52.6 Å². The zero-order valence-electron chi connectivity index (χ0n) is 11.7. The van der Waals surface area contributed by atoms with Crippen molar-refractivity contribution >= 4 is 11.6 Å². The fourth-order valence-electron chi connectivity index (χ4n) is 2.40. The van der Waals surface area contributed by atoms with E-state index in [2.05, 4.69) is 10.2 Å². The maximum absolute atomic E-state index is 13.4. The molecule has 0 bridgehead atoms. The monoisotopic (exact) mass is 280 g/mol. The summed E-state index contributed by atoms with van der Waals surface area (Å²) < 4.78 is 13.4. The molecule has 2 N–H and O–H groups in total. The lowest BCUT2D eigenvalue weighted by molar-refractivity contribution is -0.117. The third kappa shape index (κ3) is 4.02. The molecular weight excluding hydrogens is 259 g/mol. The van der Waals surface area contributed by atoms with Gasteiger partial charge in [-0.3, -0.25) is 9.69 Å². The highest BCUT2D eigenvalue weighted by Crippen LogP contribution is 2.17. The van der Waals surface area contributed by atoms with Crippen molar-refractivity contribution < 1.29 is 14.3 Å². The lowest BCUT2D eigenvalue weighted by atomic mass is 9.98. The first-order chi connectivity index (χ1) is 9.58. The summed E-state index contributed by atoms with van der Waals surface area (Å²) in [6, 6.07) is 4.69. The Bertz CT molecular complexity index is 471. The van der Waals surface area contributed by atoms with Gasteiger partial charge in [0.25, 0.3) is 0 Å². The number of carbonyl (C=O) groups excluding carboxylic acids is 1. The minimum absolute atomic E-state index is 0.129. The lowest BCUT2D eigenvalue weighted by Gasteiger charge is -2.30. The molecule has 1 fully saturated rings. The molecule has 110 valence electrons. The second kappa shape index (κ2) is 6.81. The number of anilines is 1. The van der Waals surface area contributed by atoms with Crippen LogP contribution in [0, 0.1) is 18.7 Å². The second-order valence-electron chi connectivity index (χ2n) is 5.41. The zero-order chi connectivity index (χ0) is 14.5. The number of likely N-dealkylation sites (tertiary alicyclic amines) is 1. The molecule has 1 aromatic carbocycles. The number of halogens is 1. The Morgan fingerprint density at radius 1 is 1.45 bits per heavy atom. The number of nitrogens with one attached hydrogen (secondary N) is 1. The van der Waals surface area contributed by atoms with Crippen molar-refractivity contribution in [3.63, 3.8) is 0 Å². The summed E-state index contributed by atoms with van der Waals surface area (Å²) >= 11 is 0. The number of nitrogens with zero attached hydrogens (tertiary/aromatic N) is 1. The van der Waals surface area contributed by atoms with E-state index < -0.39 is 0 Å². The Kier molecular flexibility index (Phi) is 5.09. The number of carbonyl (C=O) groups is 1. The van der Waals surface area contributed by atoms with Crippen LogP contribution in [0.15, 0.2) is 18.2 Å². The highest BCUT2D eigenvalue weighted by atomic mass is 19.1. The van der Waals surface area contributed by atoms with Gasteiger partial charge in [0.05, 0.1) is 6.54 Å². The molecule has 0 atom stereocenters. The van der Waals surface area contributed by atoms with Gasteiger partial charge in [-0.2, -0.15) is 0 Å². The Hall–Kier alpha value is -1.46.